The molecule has 2 aromatic carbocycles. The average Bonchev–Trinajstić information content (AvgIpc) is 3.10. The first-order valence-corrected chi connectivity index (χ1v) is 17.1. The van der Waals surface area contributed by atoms with Crippen molar-refractivity contribution in [1.82, 2.24) is 34.7 Å². The number of nitrogens with two attached hydrogens (primary N) is 1. The summed E-state index contributed by atoms with van der Waals surface area (Å²) in [5.41, 5.74) is 6.77. The van der Waals surface area contributed by atoms with Crippen molar-refractivity contribution in [2.24, 2.45) is 11.7 Å². The van der Waals surface area contributed by atoms with Gasteiger partial charge in [0.1, 0.15) is 5.82 Å². The molecule has 12 heteroatoms. The zero-order chi connectivity index (χ0) is 32.8. The third-order valence-electron chi connectivity index (χ3n) is 10.1. The van der Waals surface area contributed by atoms with Gasteiger partial charge in [0, 0.05) is 70.7 Å². The maximum absolute atomic E-state index is 14.9. The van der Waals surface area contributed by atoms with Crippen LogP contribution >= 0.6 is 0 Å². The van der Waals surface area contributed by atoms with Crippen LogP contribution < -0.4 is 11.3 Å². The fraction of sp³-hybridized carbons (Fsp3) is 0.543. The van der Waals surface area contributed by atoms with E-state index in [1.165, 1.54) is 32.0 Å². The SMILES string of the molecule is NCCCN1CCC(CN2CCN(CC(=O)N3CCN(C(=O)c4cc(Cc5n[nH]c(=O)c6ccccc56)ccc4F)CC3)CC2)CC1. The average molecular weight is 647 g/mol. The van der Waals surface area contributed by atoms with Gasteiger partial charge in [-0.3, -0.25) is 19.3 Å². The van der Waals surface area contributed by atoms with Crippen molar-refractivity contribution in [2.45, 2.75) is 25.7 Å². The number of fused-ring (bicyclic) bond motifs is 1. The number of halogens is 1. The highest BCUT2D eigenvalue weighted by Gasteiger charge is 2.29. The van der Waals surface area contributed by atoms with E-state index in [1.54, 1.807) is 29.2 Å². The van der Waals surface area contributed by atoms with Gasteiger partial charge in [0.25, 0.3) is 11.5 Å². The number of H-pyrrole nitrogens is 1. The Kier molecular flexibility index (Phi) is 10.9. The number of hydrogen-bond donors (Lipinski definition) is 2. The van der Waals surface area contributed by atoms with Gasteiger partial charge in [-0.2, -0.15) is 5.10 Å². The Hall–Kier alpha value is -3.71. The molecular formula is C35H47FN8O3. The van der Waals surface area contributed by atoms with Crippen molar-refractivity contribution < 1.29 is 14.0 Å². The molecule has 11 nitrogen and oxygen atoms in total. The lowest BCUT2D eigenvalue weighted by molar-refractivity contribution is -0.134. The fourth-order valence-electron chi connectivity index (χ4n) is 7.17. The Morgan fingerprint density at radius 1 is 0.851 bits per heavy atom. The number of amides is 2. The smallest absolute Gasteiger partial charge is 0.272 e. The summed E-state index contributed by atoms with van der Waals surface area (Å²) in [6.07, 6.45) is 3.91. The number of benzene rings is 2. The number of piperidine rings is 1. The molecule has 1 aromatic heterocycles. The van der Waals surface area contributed by atoms with Crippen LogP contribution in [0.5, 0.6) is 0 Å². The zero-order valence-corrected chi connectivity index (χ0v) is 27.2. The van der Waals surface area contributed by atoms with Crippen LogP contribution in [0.3, 0.4) is 0 Å². The monoisotopic (exact) mass is 646 g/mol. The van der Waals surface area contributed by atoms with E-state index in [2.05, 4.69) is 24.9 Å². The number of aromatic nitrogens is 2. The lowest BCUT2D eigenvalue weighted by atomic mass is 9.96. The van der Waals surface area contributed by atoms with E-state index in [0.29, 0.717) is 50.2 Å². The molecule has 6 rings (SSSR count). The Bertz CT molecular complexity index is 1590. The Morgan fingerprint density at radius 2 is 1.53 bits per heavy atom. The molecule has 3 aliphatic rings. The van der Waals surface area contributed by atoms with Crippen LogP contribution in [0.25, 0.3) is 10.8 Å². The molecular weight excluding hydrogens is 599 g/mol. The maximum atomic E-state index is 14.9. The van der Waals surface area contributed by atoms with Crippen LogP contribution in [-0.2, 0) is 11.2 Å². The van der Waals surface area contributed by atoms with E-state index in [0.717, 1.165) is 69.1 Å². The first kappa shape index (κ1) is 33.2. The van der Waals surface area contributed by atoms with Gasteiger partial charge >= 0.3 is 0 Å². The lowest BCUT2D eigenvalue weighted by Gasteiger charge is -2.40. The quantitative estimate of drug-likeness (QED) is 0.341. The highest BCUT2D eigenvalue weighted by Crippen LogP contribution is 2.21. The number of rotatable bonds is 10. The molecule has 3 saturated heterocycles. The van der Waals surface area contributed by atoms with E-state index in [-0.39, 0.29) is 22.9 Å². The molecule has 4 heterocycles. The van der Waals surface area contributed by atoms with Gasteiger partial charge in [-0.25, -0.2) is 9.49 Å². The minimum Gasteiger partial charge on any atom is -0.338 e. The minimum atomic E-state index is -0.580. The third kappa shape index (κ3) is 8.24. The molecule has 3 fully saturated rings. The van der Waals surface area contributed by atoms with Crippen LogP contribution in [0.1, 0.15) is 40.9 Å². The highest BCUT2D eigenvalue weighted by atomic mass is 19.1. The largest absolute Gasteiger partial charge is 0.338 e. The predicted octanol–water partition coefficient (Wildman–Crippen LogP) is 1.62. The van der Waals surface area contributed by atoms with Gasteiger partial charge in [0.2, 0.25) is 5.91 Å². The van der Waals surface area contributed by atoms with Crippen molar-refractivity contribution in [2.75, 3.05) is 91.6 Å². The maximum Gasteiger partial charge on any atom is 0.272 e. The molecule has 0 unspecified atom stereocenters. The second kappa shape index (κ2) is 15.5. The summed E-state index contributed by atoms with van der Waals surface area (Å²) in [4.78, 5) is 49.5. The van der Waals surface area contributed by atoms with E-state index in [1.807, 2.05) is 17.0 Å². The summed E-state index contributed by atoms with van der Waals surface area (Å²) >= 11 is 0. The van der Waals surface area contributed by atoms with Gasteiger partial charge < -0.3 is 25.3 Å². The number of carbonyl (C=O) groups excluding carboxylic acids is 2. The Morgan fingerprint density at radius 3 is 2.26 bits per heavy atom. The highest BCUT2D eigenvalue weighted by molar-refractivity contribution is 5.95. The van der Waals surface area contributed by atoms with Crippen molar-refractivity contribution in [3.05, 3.63) is 75.5 Å². The van der Waals surface area contributed by atoms with Crippen molar-refractivity contribution in [3.8, 4) is 0 Å². The summed E-state index contributed by atoms with van der Waals surface area (Å²) < 4.78 is 14.9. The second-order valence-corrected chi connectivity index (χ2v) is 13.2. The Labute approximate surface area is 275 Å². The van der Waals surface area contributed by atoms with Crippen molar-refractivity contribution >= 4 is 22.6 Å². The normalized spacial score (nSPS) is 19.0. The van der Waals surface area contributed by atoms with Crippen molar-refractivity contribution in [3.63, 3.8) is 0 Å². The first-order chi connectivity index (χ1) is 22.9. The van der Waals surface area contributed by atoms with Gasteiger partial charge in [-0.05, 0) is 75.1 Å². The summed E-state index contributed by atoms with van der Waals surface area (Å²) in [7, 11) is 0. The van der Waals surface area contributed by atoms with Gasteiger partial charge in [-0.1, -0.05) is 24.3 Å². The number of carbonyl (C=O) groups is 2. The summed E-state index contributed by atoms with van der Waals surface area (Å²) in [5.74, 6) is -0.124. The number of likely N-dealkylation sites (tertiary alicyclic amines) is 1. The van der Waals surface area contributed by atoms with Crippen LogP contribution in [0.15, 0.2) is 47.3 Å². The molecule has 47 heavy (non-hydrogen) atoms. The predicted molar refractivity (Wildman–Crippen MR) is 180 cm³/mol. The second-order valence-electron chi connectivity index (χ2n) is 13.2. The fourth-order valence-corrected chi connectivity index (χ4v) is 7.17. The number of aromatic amines is 1. The molecule has 3 N–H and O–H groups in total. The summed E-state index contributed by atoms with van der Waals surface area (Å²) in [6.45, 7) is 11.1. The molecule has 252 valence electrons. The summed E-state index contributed by atoms with van der Waals surface area (Å²) in [5, 5.41) is 8.00. The third-order valence-corrected chi connectivity index (χ3v) is 10.1. The number of hydrogen-bond acceptors (Lipinski definition) is 8. The van der Waals surface area contributed by atoms with E-state index in [9.17, 15) is 18.8 Å². The van der Waals surface area contributed by atoms with Crippen LogP contribution in [0.4, 0.5) is 4.39 Å². The van der Waals surface area contributed by atoms with Gasteiger partial charge in [0.05, 0.1) is 23.2 Å². The first-order valence-electron chi connectivity index (χ1n) is 17.1. The standard InChI is InChI=1S/C35H47FN8O3/c36-31-7-6-27(23-32-28-4-1-2-5-29(28)34(46)39-38-32)22-30(31)35(47)44-20-18-43(19-21-44)33(45)25-42-16-14-41(15-17-42)24-26-8-12-40(13-9-26)11-3-10-37/h1-2,4-7,22,26H,3,8-21,23-25,37H2,(H,39,46). The van der Waals surface area contributed by atoms with Gasteiger partial charge in [-0.15, -0.1) is 0 Å². The van der Waals surface area contributed by atoms with Crippen LogP contribution in [0.2, 0.25) is 0 Å². The molecule has 3 aromatic rings. The van der Waals surface area contributed by atoms with E-state index < -0.39 is 5.82 Å². The van der Waals surface area contributed by atoms with Crippen LogP contribution in [0, 0.1) is 11.7 Å². The van der Waals surface area contributed by atoms with Crippen molar-refractivity contribution in [1.29, 1.82) is 0 Å². The summed E-state index contributed by atoms with van der Waals surface area (Å²) in [6, 6.07) is 11.7. The lowest BCUT2D eigenvalue weighted by Crippen LogP contribution is -2.55. The molecule has 3 aliphatic heterocycles. The molecule has 0 radical (unpaired) electrons. The number of nitrogens with zero attached hydrogens (tertiary/aromatic N) is 6. The number of nitrogens with one attached hydrogen (secondary N) is 1. The molecule has 0 bridgehead atoms. The molecule has 0 saturated carbocycles. The van der Waals surface area contributed by atoms with Crippen LogP contribution in [-0.4, -0.2) is 138 Å². The molecule has 0 aliphatic carbocycles. The minimum absolute atomic E-state index is 0.00558. The molecule has 0 spiro atoms. The van der Waals surface area contributed by atoms with E-state index >= 15 is 0 Å². The van der Waals surface area contributed by atoms with Gasteiger partial charge in [0.15, 0.2) is 0 Å². The molecule has 0 atom stereocenters. The molecule has 2 amide bonds. The topological polar surface area (TPSA) is 122 Å². The van der Waals surface area contributed by atoms with E-state index in [4.69, 9.17) is 5.73 Å². The zero-order valence-electron chi connectivity index (χ0n) is 27.2. The Balaban J connectivity index is 0.953. The number of piperazine rings is 2.